The highest BCUT2D eigenvalue weighted by atomic mass is 17.2. The third kappa shape index (κ3) is 2.67. The first-order valence-corrected chi connectivity index (χ1v) is 5.42. The second-order valence-electron chi connectivity index (χ2n) is 4.37. The van der Waals surface area contributed by atoms with E-state index in [1.54, 1.807) is 0 Å². The first-order chi connectivity index (χ1) is 6.74. The predicted octanol–water partition coefficient (Wildman–Crippen LogP) is 0.761. The van der Waals surface area contributed by atoms with Gasteiger partial charge in [-0.2, -0.15) is 0 Å². The fraction of sp³-hybridized carbons (Fsp3) is 1.00. The van der Waals surface area contributed by atoms with Crippen LogP contribution in [-0.2, 0) is 9.78 Å². The molecule has 4 atom stereocenters. The number of hydrogen-bond donors (Lipinski definition) is 2. The van der Waals surface area contributed by atoms with E-state index < -0.39 is 0 Å². The van der Waals surface area contributed by atoms with Gasteiger partial charge in [0.15, 0.2) is 0 Å². The van der Waals surface area contributed by atoms with E-state index in [2.05, 4.69) is 0 Å². The Kier molecular flexibility index (Phi) is 3.38. The molecule has 2 aliphatic carbocycles. The second kappa shape index (κ2) is 4.57. The molecule has 0 aromatic carbocycles. The van der Waals surface area contributed by atoms with Crippen molar-refractivity contribution in [1.82, 2.24) is 0 Å². The average molecular weight is 202 g/mol. The van der Waals surface area contributed by atoms with E-state index in [4.69, 9.17) is 9.78 Å². The lowest BCUT2D eigenvalue weighted by Gasteiger charge is -2.14. The summed E-state index contributed by atoms with van der Waals surface area (Å²) in [6, 6.07) is 0. The van der Waals surface area contributed by atoms with Crippen LogP contribution in [-0.4, -0.2) is 34.6 Å². The van der Waals surface area contributed by atoms with Crippen LogP contribution in [0.1, 0.15) is 38.5 Å². The highest BCUT2D eigenvalue weighted by Crippen LogP contribution is 2.26. The highest BCUT2D eigenvalue weighted by molar-refractivity contribution is 4.75. The zero-order chi connectivity index (χ0) is 9.97. The van der Waals surface area contributed by atoms with Crippen molar-refractivity contribution < 1.29 is 20.0 Å². The maximum absolute atomic E-state index is 9.26. The molecule has 2 fully saturated rings. The Labute approximate surface area is 83.8 Å². The van der Waals surface area contributed by atoms with Crippen molar-refractivity contribution in [3.8, 4) is 0 Å². The molecule has 2 saturated carbocycles. The topological polar surface area (TPSA) is 58.9 Å². The van der Waals surface area contributed by atoms with E-state index in [-0.39, 0.29) is 24.4 Å². The summed E-state index contributed by atoms with van der Waals surface area (Å²) in [7, 11) is 0. The molecule has 0 bridgehead atoms. The van der Waals surface area contributed by atoms with Crippen molar-refractivity contribution >= 4 is 0 Å². The zero-order valence-corrected chi connectivity index (χ0v) is 8.26. The monoisotopic (exact) mass is 202 g/mol. The van der Waals surface area contributed by atoms with Crippen LogP contribution in [0.4, 0.5) is 0 Å². The van der Waals surface area contributed by atoms with E-state index >= 15 is 0 Å². The summed E-state index contributed by atoms with van der Waals surface area (Å²) >= 11 is 0. The Morgan fingerprint density at radius 3 is 1.43 bits per heavy atom. The molecule has 0 heterocycles. The predicted molar refractivity (Wildman–Crippen MR) is 49.5 cm³/mol. The lowest BCUT2D eigenvalue weighted by molar-refractivity contribution is -0.349. The Morgan fingerprint density at radius 1 is 0.714 bits per heavy atom. The van der Waals surface area contributed by atoms with Gasteiger partial charge in [0.05, 0.1) is 24.4 Å². The van der Waals surface area contributed by atoms with Gasteiger partial charge in [-0.25, -0.2) is 9.78 Å². The molecule has 14 heavy (non-hydrogen) atoms. The van der Waals surface area contributed by atoms with Gasteiger partial charge in [0.25, 0.3) is 0 Å². The fourth-order valence-electron chi connectivity index (χ4n) is 2.17. The van der Waals surface area contributed by atoms with Gasteiger partial charge in [-0.3, -0.25) is 0 Å². The first-order valence-electron chi connectivity index (χ1n) is 5.42. The minimum absolute atomic E-state index is 0.0442. The van der Waals surface area contributed by atoms with Gasteiger partial charge in [0.2, 0.25) is 0 Å². The van der Waals surface area contributed by atoms with Gasteiger partial charge in [-0.15, -0.1) is 0 Å². The summed E-state index contributed by atoms with van der Waals surface area (Å²) < 4.78 is 0. The molecule has 0 saturated heterocycles. The molecule has 4 unspecified atom stereocenters. The summed E-state index contributed by atoms with van der Waals surface area (Å²) in [5.74, 6) is 0. The molecule has 0 spiro atoms. The van der Waals surface area contributed by atoms with Crippen molar-refractivity contribution in [2.24, 2.45) is 0 Å². The van der Waals surface area contributed by atoms with Crippen molar-refractivity contribution in [2.75, 3.05) is 0 Å². The molecule has 0 aromatic rings. The molecule has 82 valence electrons. The third-order valence-corrected chi connectivity index (χ3v) is 3.04. The second-order valence-corrected chi connectivity index (χ2v) is 4.37. The SMILES string of the molecule is OC1CCC(OOC2CCC(O)C2)C1. The molecule has 0 aliphatic heterocycles. The summed E-state index contributed by atoms with van der Waals surface area (Å²) in [5, 5.41) is 18.5. The Hall–Kier alpha value is -0.160. The molecule has 4 heteroatoms. The van der Waals surface area contributed by atoms with Crippen molar-refractivity contribution in [3.63, 3.8) is 0 Å². The molecular formula is C10H18O4. The molecule has 0 radical (unpaired) electrons. The molecule has 0 aromatic heterocycles. The van der Waals surface area contributed by atoms with Crippen LogP contribution in [0.25, 0.3) is 0 Å². The number of aliphatic hydroxyl groups excluding tert-OH is 2. The third-order valence-electron chi connectivity index (χ3n) is 3.04. The van der Waals surface area contributed by atoms with Crippen LogP contribution in [0.5, 0.6) is 0 Å². The summed E-state index contributed by atoms with van der Waals surface area (Å²) in [5.41, 5.74) is 0. The van der Waals surface area contributed by atoms with Gasteiger partial charge < -0.3 is 10.2 Å². The van der Waals surface area contributed by atoms with Gasteiger partial charge in [-0.1, -0.05) is 0 Å². The molecule has 2 rings (SSSR count). The van der Waals surface area contributed by atoms with Crippen LogP contribution >= 0.6 is 0 Å². The molecule has 0 amide bonds. The normalized spacial score (nSPS) is 43.3. The minimum atomic E-state index is -0.224. The zero-order valence-electron chi connectivity index (χ0n) is 8.26. The van der Waals surface area contributed by atoms with Gasteiger partial charge in [0, 0.05) is 12.8 Å². The number of rotatable bonds is 3. The first kappa shape index (κ1) is 10.4. The van der Waals surface area contributed by atoms with Crippen molar-refractivity contribution in [1.29, 1.82) is 0 Å². The van der Waals surface area contributed by atoms with Crippen LogP contribution in [0, 0.1) is 0 Å². The van der Waals surface area contributed by atoms with Crippen LogP contribution in [0.2, 0.25) is 0 Å². The van der Waals surface area contributed by atoms with Gasteiger partial charge in [0.1, 0.15) is 0 Å². The Morgan fingerprint density at radius 2 is 1.14 bits per heavy atom. The largest absolute Gasteiger partial charge is 0.393 e. The molecule has 2 N–H and O–H groups in total. The van der Waals surface area contributed by atoms with E-state index in [0.717, 1.165) is 25.7 Å². The smallest absolute Gasteiger partial charge is 0.0955 e. The lowest BCUT2D eigenvalue weighted by atomic mass is 10.3. The molecule has 2 aliphatic rings. The van der Waals surface area contributed by atoms with E-state index in [9.17, 15) is 10.2 Å². The Bertz CT molecular complexity index is 165. The van der Waals surface area contributed by atoms with Gasteiger partial charge >= 0.3 is 0 Å². The maximum atomic E-state index is 9.26. The summed E-state index contributed by atoms with van der Waals surface area (Å²) in [4.78, 5) is 10.5. The van der Waals surface area contributed by atoms with E-state index in [0.29, 0.717) is 12.8 Å². The van der Waals surface area contributed by atoms with Crippen LogP contribution < -0.4 is 0 Å². The highest BCUT2D eigenvalue weighted by Gasteiger charge is 2.28. The van der Waals surface area contributed by atoms with Crippen molar-refractivity contribution in [3.05, 3.63) is 0 Å². The van der Waals surface area contributed by atoms with Crippen LogP contribution in [0.3, 0.4) is 0 Å². The van der Waals surface area contributed by atoms with Crippen LogP contribution in [0.15, 0.2) is 0 Å². The quantitative estimate of drug-likeness (QED) is 0.524. The van der Waals surface area contributed by atoms with Crippen molar-refractivity contribution in [2.45, 2.75) is 62.9 Å². The number of hydrogen-bond acceptors (Lipinski definition) is 4. The van der Waals surface area contributed by atoms with E-state index in [1.165, 1.54) is 0 Å². The fourth-order valence-corrected chi connectivity index (χ4v) is 2.17. The standard InChI is InChI=1S/C10H18O4/c11-7-1-3-9(5-7)13-14-10-4-2-8(12)6-10/h7-12H,1-6H2. The molecular weight excluding hydrogens is 184 g/mol. The summed E-state index contributed by atoms with van der Waals surface area (Å²) in [6.45, 7) is 0. The van der Waals surface area contributed by atoms with Gasteiger partial charge in [-0.05, 0) is 25.7 Å². The summed E-state index contributed by atoms with van der Waals surface area (Å²) in [6.07, 6.45) is 4.35. The minimum Gasteiger partial charge on any atom is -0.393 e. The van der Waals surface area contributed by atoms with E-state index in [1.807, 2.05) is 0 Å². The lowest BCUT2D eigenvalue weighted by Crippen LogP contribution is -2.17. The Balaban J connectivity index is 1.63. The molecule has 4 nitrogen and oxygen atoms in total. The maximum Gasteiger partial charge on any atom is 0.0955 e. The number of aliphatic hydroxyl groups is 2. The average Bonchev–Trinajstić information content (AvgIpc) is 2.72.